The number of carbonyl (C=O) groups excluding carboxylic acids is 1. The van der Waals surface area contributed by atoms with Crippen LogP contribution >= 0.6 is 0 Å². The summed E-state index contributed by atoms with van der Waals surface area (Å²) in [6.45, 7) is 1.19. The number of nitrogens with zero attached hydrogens (tertiary/aromatic N) is 2. The lowest BCUT2D eigenvalue weighted by Gasteiger charge is -2.37. The third-order valence-corrected chi connectivity index (χ3v) is 4.57. The molecule has 7 nitrogen and oxygen atoms in total. The van der Waals surface area contributed by atoms with E-state index >= 15 is 0 Å². The van der Waals surface area contributed by atoms with E-state index < -0.39 is 54.1 Å². The van der Waals surface area contributed by atoms with Crippen LogP contribution in [0.15, 0.2) is 41.5 Å². The molecule has 2 aromatic rings. The monoisotopic (exact) mass is 480 g/mol. The van der Waals surface area contributed by atoms with Crippen LogP contribution in [0.3, 0.4) is 0 Å². The zero-order valence-electron chi connectivity index (χ0n) is 16.6. The molecule has 33 heavy (non-hydrogen) atoms. The van der Waals surface area contributed by atoms with Crippen LogP contribution in [0.1, 0.15) is 29.4 Å². The smallest absolute Gasteiger partial charge is 0.454 e. The maximum Gasteiger partial charge on any atom is 0.573 e. The maximum absolute atomic E-state index is 14.5. The summed E-state index contributed by atoms with van der Waals surface area (Å²) >= 11 is 0. The quantitative estimate of drug-likeness (QED) is 0.638. The summed E-state index contributed by atoms with van der Waals surface area (Å²) in [5.41, 5.74) is 2.86. The number of aromatic nitrogens is 1. The number of amidine groups is 1. The molecule has 0 saturated carbocycles. The van der Waals surface area contributed by atoms with Crippen molar-refractivity contribution in [3.8, 4) is 5.75 Å². The number of pyridine rings is 1. The lowest BCUT2D eigenvalue weighted by Crippen LogP contribution is -2.46. The van der Waals surface area contributed by atoms with Crippen molar-refractivity contribution in [1.29, 1.82) is 0 Å². The van der Waals surface area contributed by atoms with Gasteiger partial charge in [0, 0.05) is 17.7 Å². The fourth-order valence-corrected chi connectivity index (χ4v) is 3.13. The predicted molar refractivity (Wildman–Crippen MR) is 99.8 cm³/mol. The van der Waals surface area contributed by atoms with E-state index in [9.17, 15) is 35.5 Å². The summed E-state index contributed by atoms with van der Waals surface area (Å²) in [4.78, 5) is 19.1. The molecular formula is C19H15F7N4O3. The first-order valence-corrected chi connectivity index (χ1v) is 9.08. The molecule has 2 heterocycles. The molecule has 3 rings (SSSR count). The highest BCUT2D eigenvalue weighted by Crippen LogP contribution is 2.41. The number of ether oxygens (including phenoxy) is 2. The van der Waals surface area contributed by atoms with E-state index in [1.54, 1.807) is 0 Å². The largest absolute Gasteiger partial charge is 0.573 e. The van der Waals surface area contributed by atoms with E-state index in [2.05, 4.69) is 20.0 Å². The minimum absolute atomic E-state index is 0.0386. The van der Waals surface area contributed by atoms with Gasteiger partial charge in [-0.15, -0.1) is 13.2 Å². The van der Waals surface area contributed by atoms with Gasteiger partial charge in [0.25, 0.3) is 11.9 Å². The molecule has 178 valence electrons. The first kappa shape index (κ1) is 24.1. The van der Waals surface area contributed by atoms with Crippen molar-refractivity contribution in [2.45, 2.75) is 37.5 Å². The van der Waals surface area contributed by atoms with Crippen molar-refractivity contribution < 1.29 is 45.0 Å². The first-order chi connectivity index (χ1) is 15.2. The van der Waals surface area contributed by atoms with Crippen LogP contribution in [0.2, 0.25) is 0 Å². The summed E-state index contributed by atoms with van der Waals surface area (Å²) in [5, 5.41) is 2.33. The summed E-state index contributed by atoms with van der Waals surface area (Å²) in [5.74, 6) is -2.45. The van der Waals surface area contributed by atoms with Gasteiger partial charge in [-0.05, 0) is 37.3 Å². The van der Waals surface area contributed by atoms with Crippen molar-refractivity contribution in [3.05, 3.63) is 53.6 Å². The number of anilines is 1. The molecule has 0 saturated heterocycles. The second-order valence-corrected chi connectivity index (χ2v) is 7.14. The van der Waals surface area contributed by atoms with E-state index in [-0.39, 0.29) is 16.9 Å². The Hall–Kier alpha value is -3.58. The molecule has 1 aromatic carbocycles. The Labute approximate surface area is 181 Å². The van der Waals surface area contributed by atoms with Crippen LogP contribution in [-0.4, -0.2) is 35.5 Å². The maximum atomic E-state index is 14.5. The molecule has 0 unspecified atom stereocenters. The number of hydrogen-bond donors (Lipinski definition) is 2. The van der Waals surface area contributed by atoms with E-state index in [0.29, 0.717) is 6.20 Å². The Bertz CT molecular complexity index is 1070. The zero-order chi connectivity index (χ0) is 24.6. The van der Waals surface area contributed by atoms with Crippen molar-refractivity contribution in [1.82, 2.24) is 4.98 Å². The number of nitrogens with one attached hydrogen (secondary N) is 1. The second kappa shape index (κ2) is 8.41. The van der Waals surface area contributed by atoms with Gasteiger partial charge in [-0.25, -0.2) is 14.4 Å². The van der Waals surface area contributed by atoms with Crippen LogP contribution in [0.25, 0.3) is 0 Å². The van der Waals surface area contributed by atoms with Crippen LogP contribution < -0.4 is 15.8 Å². The molecule has 14 heteroatoms. The second-order valence-electron chi connectivity index (χ2n) is 7.14. The highest BCUT2D eigenvalue weighted by molar-refractivity contribution is 6.02. The molecule has 0 radical (unpaired) electrons. The molecule has 3 N–H and O–H groups in total. The minimum Gasteiger partial charge on any atom is -0.454 e. The highest BCUT2D eigenvalue weighted by atomic mass is 19.4. The number of alkyl halides is 6. The SMILES string of the molecule is C[C@@]1(c2cc(NC(=O)c3ccc(OC(F)(F)F)cn3)ccc2F)C[C@@H](C(F)(F)F)N=C(N)O1. The van der Waals surface area contributed by atoms with Gasteiger partial charge < -0.3 is 20.5 Å². The number of aliphatic imine (C=N–C) groups is 1. The number of benzene rings is 1. The Morgan fingerprint density at radius 3 is 2.48 bits per heavy atom. The molecule has 0 bridgehead atoms. The van der Waals surface area contributed by atoms with Crippen LogP contribution in [0, 0.1) is 5.82 Å². The summed E-state index contributed by atoms with van der Waals surface area (Å²) < 4.78 is 99.6. The molecule has 1 aliphatic rings. The molecule has 1 aliphatic heterocycles. The average Bonchev–Trinajstić information content (AvgIpc) is 2.67. The number of halogens is 7. The Kier molecular flexibility index (Phi) is 6.13. The van der Waals surface area contributed by atoms with Crippen molar-refractivity contribution >= 4 is 17.6 Å². The average molecular weight is 480 g/mol. The molecule has 0 aliphatic carbocycles. The molecule has 1 amide bonds. The molecule has 0 fully saturated rings. The number of carbonyl (C=O) groups is 1. The van der Waals surface area contributed by atoms with E-state index in [4.69, 9.17) is 10.5 Å². The first-order valence-electron chi connectivity index (χ1n) is 9.08. The van der Waals surface area contributed by atoms with Gasteiger partial charge in [-0.1, -0.05) is 0 Å². The van der Waals surface area contributed by atoms with Gasteiger partial charge in [0.05, 0.1) is 6.20 Å². The third-order valence-electron chi connectivity index (χ3n) is 4.57. The van der Waals surface area contributed by atoms with E-state index in [1.807, 2.05) is 0 Å². The fourth-order valence-electron chi connectivity index (χ4n) is 3.13. The lowest BCUT2D eigenvalue weighted by molar-refractivity contribution is -0.274. The molecular weight excluding hydrogens is 465 g/mol. The normalized spacial score (nSPS) is 21.1. The molecule has 0 spiro atoms. The summed E-state index contributed by atoms with van der Waals surface area (Å²) in [6, 6.07) is 1.90. The number of rotatable bonds is 4. The Balaban J connectivity index is 1.82. The topological polar surface area (TPSA) is 98.8 Å². The molecule has 1 aromatic heterocycles. The highest BCUT2D eigenvalue weighted by Gasteiger charge is 2.49. The third kappa shape index (κ3) is 5.81. The zero-order valence-corrected chi connectivity index (χ0v) is 16.6. The van der Waals surface area contributed by atoms with Gasteiger partial charge >= 0.3 is 12.5 Å². The summed E-state index contributed by atoms with van der Waals surface area (Å²) in [6.07, 6.45) is -9.78. The van der Waals surface area contributed by atoms with Crippen LogP contribution in [0.4, 0.5) is 36.4 Å². The summed E-state index contributed by atoms with van der Waals surface area (Å²) in [7, 11) is 0. The minimum atomic E-state index is -4.94. The number of amides is 1. The van der Waals surface area contributed by atoms with Gasteiger partial charge in [-0.3, -0.25) is 4.79 Å². The van der Waals surface area contributed by atoms with E-state index in [0.717, 1.165) is 30.3 Å². The number of hydrogen-bond acceptors (Lipinski definition) is 6. The number of nitrogens with two attached hydrogens (primary N) is 1. The Morgan fingerprint density at radius 2 is 1.91 bits per heavy atom. The van der Waals surface area contributed by atoms with Crippen LogP contribution in [0.5, 0.6) is 5.75 Å². The van der Waals surface area contributed by atoms with Crippen molar-refractivity contribution in [2.75, 3.05) is 5.32 Å². The fraction of sp³-hybridized carbons (Fsp3) is 0.316. The van der Waals surface area contributed by atoms with Crippen molar-refractivity contribution in [2.24, 2.45) is 10.7 Å². The van der Waals surface area contributed by atoms with Crippen molar-refractivity contribution in [3.63, 3.8) is 0 Å². The van der Waals surface area contributed by atoms with E-state index in [1.165, 1.54) is 6.92 Å². The standard InChI is InChI=1S/C19H15F7N4O3/c1-17(7-14(18(21,22)23)30-16(27)33-17)11-6-9(2-4-12(11)20)29-15(31)13-5-3-10(8-28-13)32-19(24,25)26/h2-6,8,14H,7H2,1H3,(H2,27,30)(H,29,31)/t14-,17-/m0/s1. The van der Waals surface area contributed by atoms with Gasteiger partial charge in [0.2, 0.25) is 0 Å². The van der Waals surface area contributed by atoms with Gasteiger partial charge in [0.15, 0.2) is 6.04 Å². The Morgan fingerprint density at radius 1 is 1.21 bits per heavy atom. The van der Waals surface area contributed by atoms with Gasteiger partial charge in [0.1, 0.15) is 22.9 Å². The molecule has 2 atom stereocenters. The predicted octanol–water partition coefficient (Wildman–Crippen LogP) is 4.25. The lowest BCUT2D eigenvalue weighted by atomic mass is 9.87. The van der Waals surface area contributed by atoms with Gasteiger partial charge in [-0.2, -0.15) is 13.2 Å². The van der Waals surface area contributed by atoms with Crippen LogP contribution in [-0.2, 0) is 10.3 Å².